The molecule has 1 amide bonds. The molecule has 0 aliphatic carbocycles. The Hall–Kier alpha value is -3.48. The van der Waals surface area contributed by atoms with E-state index in [2.05, 4.69) is 10.2 Å². The Balaban J connectivity index is 1.86. The summed E-state index contributed by atoms with van der Waals surface area (Å²) in [5.74, 6) is -0.855. The average Bonchev–Trinajstić information content (AvgIpc) is 2.93. The topological polar surface area (TPSA) is 91.6 Å². The van der Waals surface area contributed by atoms with Gasteiger partial charge in [-0.15, -0.1) is 5.10 Å². The molecule has 0 atom stereocenters. The second-order valence-electron chi connectivity index (χ2n) is 5.89. The van der Waals surface area contributed by atoms with Crippen LogP contribution in [0.3, 0.4) is 0 Å². The summed E-state index contributed by atoms with van der Waals surface area (Å²) in [4.78, 5) is 25.1. The maximum absolute atomic E-state index is 12.7. The summed E-state index contributed by atoms with van der Waals surface area (Å²) in [6.45, 7) is 2.18. The molecule has 1 N–H and O–H groups in total. The van der Waals surface area contributed by atoms with Gasteiger partial charge in [0, 0.05) is 17.7 Å². The summed E-state index contributed by atoms with van der Waals surface area (Å²) in [5, 5.41) is 16.9. The number of aliphatic carboxylic acids is 1. The van der Waals surface area contributed by atoms with E-state index in [1.54, 1.807) is 29.2 Å². The van der Waals surface area contributed by atoms with Crippen LogP contribution >= 0.6 is 0 Å². The number of carbonyl (C=O) groups excluding carboxylic acids is 1. The predicted molar refractivity (Wildman–Crippen MR) is 103 cm³/mol. The van der Waals surface area contributed by atoms with Crippen molar-refractivity contribution in [2.45, 2.75) is 13.3 Å². The maximum atomic E-state index is 12.7. The fraction of sp³-hybridized carbons (Fsp3) is 0.200. The second kappa shape index (κ2) is 8.27. The van der Waals surface area contributed by atoms with E-state index in [-0.39, 0.29) is 5.91 Å². The van der Waals surface area contributed by atoms with Crippen molar-refractivity contribution in [3.8, 4) is 5.75 Å². The first-order valence-corrected chi connectivity index (χ1v) is 8.57. The fourth-order valence-corrected chi connectivity index (χ4v) is 2.81. The van der Waals surface area contributed by atoms with E-state index in [4.69, 9.17) is 9.84 Å². The van der Waals surface area contributed by atoms with Gasteiger partial charge in [0.2, 0.25) is 0 Å². The van der Waals surface area contributed by atoms with E-state index in [1.165, 1.54) is 6.21 Å². The third-order valence-corrected chi connectivity index (χ3v) is 3.97. The van der Waals surface area contributed by atoms with Crippen LogP contribution in [0.2, 0.25) is 0 Å². The number of benzene rings is 2. The number of carboxylic acids is 1. The highest BCUT2D eigenvalue weighted by Crippen LogP contribution is 2.29. The molecule has 1 aliphatic rings. The molecule has 0 spiro atoms. The molecular formula is C20H19N3O4. The van der Waals surface area contributed by atoms with Crippen LogP contribution in [-0.2, 0) is 9.59 Å². The van der Waals surface area contributed by atoms with Gasteiger partial charge in [-0.05, 0) is 24.6 Å². The minimum absolute atomic E-state index is 0.175. The predicted octanol–water partition coefficient (Wildman–Crippen LogP) is 2.73. The number of para-hydroxylation sites is 2. The second-order valence-corrected chi connectivity index (χ2v) is 5.89. The quantitative estimate of drug-likeness (QED) is 0.603. The van der Waals surface area contributed by atoms with Gasteiger partial charge in [0.1, 0.15) is 5.75 Å². The summed E-state index contributed by atoms with van der Waals surface area (Å²) in [6.07, 6.45) is 2.29. The van der Waals surface area contributed by atoms with E-state index in [1.807, 2.05) is 31.2 Å². The molecule has 0 aromatic heterocycles. The average molecular weight is 365 g/mol. The lowest BCUT2D eigenvalue weighted by Gasteiger charge is -2.14. The zero-order valence-electron chi connectivity index (χ0n) is 14.8. The molecular weight excluding hydrogens is 346 g/mol. The molecule has 0 fully saturated rings. The number of fused-ring (bicyclic) bond motifs is 1. The molecule has 2 aromatic rings. The van der Waals surface area contributed by atoms with Gasteiger partial charge >= 0.3 is 5.97 Å². The van der Waals surface area contributed by atoms with E-state index in [0.29, 0.717) is 23.6 Å². The van der Waals surface area contributed by atoms with Crippen molar-refractivity contribution in [1.82, 2.24) is 0 Å². The molecule has 27 heavy (non-hydrogen) atoms. The Bertz CT molecular complexity index is 921. The monoisotopic (exact) mass is 365 g/mol. The molecule has 0 saturated carbocycles. The lowest BCUT2D eigenvalue weighted by molar-refractivity contribution is -0.139. The highest BCUT2D eigenvalue weighted by atomic mass is 16.5. The van der Waals surface area contributed by atoms with Crippen molar-refractivity contribution in [2.24, 2.45) is 10.2 Å². The normalized spacial score (nSPS) is 14.8. The van der Waals surface area contributed by atoms with Crippen LogP contribution < -0.4 is 9.64 Å². The van der Waals surface area contributed by atoms with Gasteiger partial charge in [-0.25, -0.2) is 4.79 Å². The van der Waals surface area contributed by atoms with Crippen molar-refractivity contribution in [1.29, 1.82) is 0 Å². The van der Waals surface area contributed by atoms with Gasteiger partial charge in [-0.1, -0.05) is 37.3 Å². The number of ether oxygens (including phenoxy) is 1. The standard InChI is InChI=1S/C20H19N3O4/c1-2-11-23-16-9-5-4-8-15(16)19(20(23)26)22-21-12-14-7-3-6-10-17(14)27-13-18(24)25/h3-10,12H,2,11,13H2,1H3,(H,24,25)/b21-12-,22-19+. The summed E-state index contributed by atoms with van der Waals surface area (Å²) in [7, 11) is 0. The Morgan fingerprint density at radius 1 is 1.19 bits per heavy atom. The molecule has 3 rings (SSSR count). The maximum Gasteiger partial charge on any atom is 0.341 e. The largest absolute Gasteiger partial charge is 0.481 e. The van der Waals surface area contributed by atoms with Gasteiger partial charge < -0.3 is 14.7 Å². The van der Waals surface area contributed by atoms with E-state index < -0.39 is 12.6 Å². The highest BCUT2D eigenvalue weighted by Gasteiger charge is 2.33. The van der Waals surface area contributed by atoms with Crippen molar-refractivity contribution in [2.75, 3.05) is 18.1 Å². The number of carbonyl (C=O) groups is 2. The molecule has 7 nitrogen and oxygen atoms in total. The number of nitrogens with zero attached hydrogens (tertiary/aromatic N) is 3. The first kappa shape index (κ1) is 18.3. The molecule has 1 aliphatic heterocycles. The molecule has 0 bridgehead atoms. The molecule has 138 valence electrons. The van der Waals surface area contributed by atoms with Crippen LogP contribution in [0.5, 0.6) is 5.75 Å². The third-order valence-electron chi connectivity index (χ3n) is 3.97. The number of hydrogen-bond acceptors (Lipinski definition) is 5. The minimum atomic E-state index is -1.06. The third kappa shape index (κ3) is 4.03. The number of hydrogen-bond donors (Lipinski definition) is 1. The SMILES string of the molecule is CCCN1C(=O)/C(=N/N=C\c2ccccc2OCC(=O)O)c2ccccc21. The molecule has 1 heterocycles. The van der Waals surface area contributed by atoms with Gasteiger partial charge in [-0.3, -0.25) is 4.79 Å². The molecule has 2 aromatic carbocycles. The van der Waals surface area contributed by atoms with E-state index >= 15 is 0 Å². The van der Waals surface area contributed by atoms with Crippen LogP contribution in [0.25, 0.3) is 0 Å². The summed E-state index contributed by atoms with van der Waals surface area (Å²) in [5.41, 5.74) is 2.46. The zero-order chi connectivity index (χ0) is 19.2. The van der Waals surface area contributed by atoms with Crippen molar-refractivity contribution in [3.05, 3.63) is 59.7 Å². The van der Waals surface area contributed by atoms with Gasteiger partial charge in [0.25, 0.3) is 5.91 Å². The molecule has 7 heteroatoms. The van der Waals surface area contributed by atoms with Crippen LogP contribution in [-0.4, -0.2) is 42.1 Å². The number of rotatable bonds is 7. The number of anilines is 1. The van der Waals surface area contributed by atoms with Crippen LogP contribution in [0, 0.1) is 0 Å². The lowest BCUT2D eigenvalue weighted by atomic mass is 10.1. The van der Waals surface area contributed by atoms with E-state index in [9.17, 15) is 9.59 Å². The lowest BCUT2D eigenvalue weighted by Crippen LogP contribution is -2.30. The van der Waals surface area contributed by atoms with Gasteiger partial charge in [-0.2, -0.15) is 5.10 Å². The Labute approximate surface area is 156 Å². The Morgan fingerprint density at radius 3 is 2.70 bits per heavy atom. The van der Waals surface area contributed by atoms with Crippen molar-refractivity contribution >= 4 is 29.5 Å². The summed E-state index contributed by atoms with van der Waals surface area (Å²) in [6, 6.07) is 14.4. The summed E-state index contributed by atoms with van der Waals surface area (Å²) < 4.78 is 5.23. The molecule has 0 radical (unpaired) electrons. The minimum Gasteiger partial charge on any atom is -0.481 e. The van der Waals surface area contributed by atoms with Crippen molar-refractivity contribution in [3.63, 3.8) is 0 Å². The molecule has 0 unspecified atom stereocenters. The van der Waals surface area contributed by atoms with Gasteiger partial charge in [0.05, 0.1) is 11.9 Å². The van der Waals surface area contributed by atoms with Crippen LogP contribution in [0.1, 0.15) is 24.5 Å². The highest BCUT2D eigenvalue weighted by molar-refractivity contribution is 6.54. The Kier molecular flexibility index (Phi) is 5.61. The number of amides is 1. The zero-order valence-corrected chi connectivity index (χ0v) is 14.8. The van der Waals surface area contributed by atoms with E-state index in [0.717, 1.165) is 17.7 Å². The molecule has 0 saturated heterocycles. The summed E-state index contributed by atoms with van der Waals surface area (Å²) >= 11 is 0. The smallest absolute Gasteiger partial charge is 0.341 e. The first-order chi connectivity index (χ1) is 13.1. The van der Waals surface area contributed by atoms with Crippen LogP contribution in [0.15, 0.2) is 58.7 Å². The van der Waals surface area contributed by atoms with Crippen molar-refractivity contribution < 1.29 is 19.4 Å². The van der Waals surface area contributed by atoms with Gasteiger partial charge in [0.15, 0.2) is 12.3 Å². The van der Waals surface area contributed by atoms with Crippen LogP contribution in [0.4, 0.5) is 5.69 Å². The fourth-order valence-electron chi connectivity index (χ4n) is 2.81. The first-order valence-electron chi connectivity index (χ1n) is 8.57. The number of carboxylic acid groups (broad SMARTS) is 1. The Morgan fingerprint density at radius 2 is 1.93 bits per heavy atom.